The second-order valence-corrected chi connectivity index (χ2v) is 7.62. The lowest BCUT2D eigenvalue weighted by Crippen LogP contribution is -2.00. The van der Waals surface area contributed by atoms with E-state index in [1.54, 1.807) is 0 Å². The Morgan fingerprint density at radius 2 is 1.94 bits per heavy atom. The van der Waals surface area contributed by atoms with Crippen molar-refractivity contribution in [2.45, 2.75) is 0 Å². The van der Waals surface area contributed by atoms with E-state index in [1.807, 2.05) is 30.3 Å². The van der Waals surface area contributed by atoms with Gasteiger partial charge in [0.2, 0.25) is 5.78 Å². The number of rotatable bonds is 2. The van der Waals surface area contributed by atoms with Crippen LogP contribution in [0.15, 0.2) is 38.6 Å². The minimum Gasteiger partial charge on any atom is -0.288 e. The summed E-state index contributed by atoms with van der Waals surface area (Å²) in [7, 11) is 0. The Hall–Kier alpha value is 0.280. The highest BCUT2D eigenvalue weighted by molar-refractivity contribution is 14.1. The summed E-state index contributed by atoms with van der Waals surface area (Å²) in [6.45, 7) is 0. The molecule has 2 aromatic rings. The number of benzene rings is 1. The van der Waals surface area contributed by atoms with Crippen molar-refractivity contribution < 1.29 is 4.79 Å². The van der Waals surface area contributed by atoms with Crippen LogP contribution in [0.1, 0.15) is 15.2 Å². The van der Waals surface area contributed by atoms with Crippen LogP contribution in [0.5, 0.6) is 0 Å². The van der Waals surface area contributed by atoms with Gasteiger partial charge in [0.15, 0.2) is 0 Å². The van der Waals surface area contributed by atoms with Gasteiger partial charge in [-0.05, 0) is 68.9 Å². The van der Waals surface area contributed by atoms with Gasteiger partial charge in [-0.3, -0.25) is 4.79 Å². The average molecular weight is 472 g/mol. The van der Waals surface area contributed by atoms with Crippen molar-refractivity contribution >= 4 is 71.6 Å². The molecule has 0 saturated heterocycles. The maximum absolute atomic E-state index is 12.2. The molecule has 5 heteroatoms. The van der Waals surface area contributed by atoms with Crippen LogP contribution in [-0.2, 0) is 0 Å². The third-order valence-corrected chi connectivity index (χ3v) is 4.95. The van der Waals surface area contributed by atoms with Crippen molar-refractivity contribution in [1.29, 1.82) is 0 Å². The number of carbonyl (C=O) groups is 1. The number of hydrogen-bond acceptors (Lipinski definition) is 2. The lowest BCUT2D eigenvalue weighted by atomic mass is 10.1. The first-order valence-corrected chi connectivity index (χ1v) is 7.81. The smallest absolute Gasteiger partial charge is 0.204 e. The molecule has 0 bridgehead atoms. The molecule has 0 unspecified atom stereocenters. The molecule has 0 spiro atoms. The van der Waals surface area contributed by atoms with Crippen molar-refractivity contribution in [1.82, 2.24) is 0 Å². The van der Waals surface area contributed by atoms with E-state index < -0.39 is 0 Å². The van der Waals surface area contributed by atoms with Gasteiger partial charge in [0, 0.05) is 13.6 Å². The summed E-state index contributed by atoms with van der Waals surface area (Å²) in [5.41, 5.74) is 0.709. The molecule has 1 nitrogen and oxygen atoms in total. The van der Waals surface area contributed by atoms with E-state index >= 15 is 0 Å². The van der Waals surface area contributed by atoms with Crippen LogP contribution in [0.3, 0.4) is 0 Å². The normalized spacial score (nSPS) is 10.4. The standard InChI is InChI=1S/C11H5Br2IOS/c12-8-2-1-6(14)5-7(8)11(15)9-3-4-10(13)16-9/h1-5H. The Kier molecular flexibility index (Phi) is 4.21. The number of thiophene rings is 1. The molecular weight excluding hydrogens is 467 g/mol. The van der Waals surface area contributed by atoms with Gasteiger partial charge >= 0.3 is 0 Å². The largest absolute Gasteiger partial charge is 0.288 e. The molecule has 0 aliphatic heterocycles. The van der Waals surface area contributed by atoms with Gasteiger partial charge in [-0.15, -0.1) is 11.3 Å². The lowest BCUT2D eigenvalue weighted by molar-refractivity contribution is 0.104. The molecule has 0 aliphatic carbocycles. The summed E-state index contributed by atoms with van der Waals surface area (Å²) in [6.07, 6.45) is 0. The summed E-state index contributed by atoms with van der Waals surface area (Å²) in [4.78, 5) is 12.9. The summed E-state index contributed by atoms with van der Waals surface area (Å²) in [6, 6.07) is 9.48. The zero-order valence-electron chi connectivity index (χ0n) is 7.84. The number of carbonyl (C=O) groups excluding carboxylic acids is 1. The first-order chi connectivity index (χ1) is 7.58. The van der Waals surface area contributed by atoms with Gasteiger partial charge in [-0.1, -0.05) is 15.9 Å². The lowest BCUT2D eigenvalue weighted by Gasteiger charge is -2.02. The zero-order chi connectivity index (χ0) is 11.7. The minimum atomic E-state index is 0.0566. The van der Waals surface area contributed by atoms with E-state index in [0.717, 1.165) is 16.7 Å². The van der Waals surface area contributed by atoms with Crippen LogP contribution in [0.25, 0.3) is 0 Å². The molecule has 82 valence electrons. The van der Waals surface area contributed by atoms with Gasteiger partial charge in [0.1, 0.15) is 0 Å². The van der Waals surface area contributed by atoms with E-state index in [-0.39, 0.29) is 5.78 Å². The van der Waals surface area contributed by atoms with Gasteiger partial charge in [0.05, 0.1) is 8.66 Å². The quantitative estimate of drug-likeness (QED) is 0.439. The first kappa shape index (κ1) is 12.7. The Morgan fingerprint density at radius 3 is 2.56 bits per heavy atom. The van der Waals surface area contributed by atoms with Crippen LogP contribution in [0, 0.1) is 3.57 Å². The molecule has 0 N–H and O–H groups in total. The van der Waals surface area contributed by atoms with Gasteiger partial charge in [0.25, 0.3) is 0 Å². The highest BCUT2D eigenvalue weighted by Crippen LogP contribution is 2.28. The van der Waals surface area contributed by atoms with Crippen LogP contribution in [-0.4, -0.2) is 5.78 Å². The summed E-state index contributed by atoms with van der Waals surface area (Å²) in [5.74, 6) is 0.0566. The highest BCUT2D eigenvalue weighted by atomic mass is 127. The molecule has 1 aromatic carbocycles. The molecule has 16 heavy (non-hydrogen) atoms. The van der Waals surface area contributed by atoms with E-state index in [1.165, 1.54) is 11.3 Å². The van der Waals surface area contributed by atoms with Crippen molar-refractivity contribution in [2.24, 2.45) is 0 Å². The Balaban J connectivity index is 2.45. The SMILES string of the molecule is O=C(c1ccc(Br)s1)c1cc(I)ccc1Br. The van der Waals surface area contributed by atoms with Crippen molar-refractivity contribution in [2.75, 3.05) is 0 Å². The summed E-state index contributed by atoms with van der Waals surface area (Å²) in [5, 5.41) is 0. The predicted octanol–water partition coefficient (Wildman–Crippen LogP) is 5.11. The number of ketones is 1. The molecular formula is C11H5Br2IOS. The van der Waals surface area contributed by atoms with Gasteiger partial charge in [-0.2, -0.15) is 0 Å². The van der Waals surface area contributed by atoms with Crippen LogP contribution in [0.2, 0.25) is 0 Å². The maximum Gasteiger partial charge on any atom is 0.204 e. The monoisotopic (exact) mass is 470 g/mol. The van der Waals surface area contributed by atoms with Gasteiger partial charge < -0.3 is 0 Å². The number of hydrogen-bond donors (Lipinski definition) is 0. The Morgan fingerprint density at radius 1 is 1.19 bits per heavy atom. The number of halogens is 3. The first-order valence-electron chi connectivity index (χ1n) is 4.33. The average Bonchev–Trinajstić information content (AvgIpc) is 2.67. The van der Waals surface area contributed by atoms with Gasteiger partial charge in [-0.25, -0.2) is 0 Å². The molecule has 0 atom stereocenters. The predicted molar refractivity (Wildman–Crippen MR) is 82.3 cm³/mol. The Bertz CT molecular complexity index is 551. The molecule has 0 aliphatic rings. The van der Waals surface area contributed by atoms with E-state index in [0.29, 0.717) is 5.56 Å². The van der Waals surface area contributed by atoms with Crippen molar-refractivity contribution in [3.05, 3.63) is 52.6 Å². The van der Waals surface area contributed by atoms with Crippen molar-refractivity contribution in [3.8, 4) is 0 Å². The maximum atomic E-state index is 12.2. The molecule has 1 heterocycles. The molecule has 0 fully saturated rings. The third-order valence-electron chi connectivity index (χ3n) is 1.97. The summed E-state index contributed by atoms with van der Waals surface area (Å²) >= 11 is 10.4. The second kappa shape index (κ2) is 5.29. The highest BCUT2D eigenvalue weighted by Gasteiger charge is 2.14. The molecule has 0 radical (unpaired) electrons. The fraction of sp³-hybridized carbons (Fsp3) is 0. The fourth-order valence-electron chi connectivity index (χ4n) is 1.24. The van der Waals surface area contributed by atoms with E-state index in [9.17, 15) is 4.79 Å². The fourth-order valence-corrected chi connectivity index (χ4v) is 3.50. The van der Waals surface area contributed by atoms with E-state index in [4.69, 9.17) is 0 Å². The van der Waals surface area contributed by atoms with Crippen molar-refractivity contribution in [3.63, 3.8) is 0 Å². The third kappa shape index (κ3) is 2.75. The molecule has 2 rings (SSSR count). The second-order valence-electron chi connectivity index (χ2n) is 3.06. The van der Waals surface area contributed by atoms with E-state index in [2.05, 4.69) is 54.5 Å². The minimum absolute atomic E-state index is 0.0566. The summed E-state index contributed by atoms with van der Waals surface area (Å²) < 4.78 is 2.86. The topological polar surface area (TPSA) is 17.1 Å². The molecule has 0 saturated carbocycles. The molecule has 1 aromatic heterocycles. The van der Waals surface area contributed by atoms with Crippen LogP contribution >= 0.6 is 65.8 Å². The Labute approximate surface area is 128 Å². The van der Waals surface area contributed by atoms with Crippen LogP contribution < -0.4 is 0 Å². The van der Waals surface area contributed by atoms with Crippen LogP contribution in [0.4, 0.5) is 0 Å². The zero-order valence-corrected chi connectivity index (χ0v) is 14.0. The molecule has 0 amide bonds.